The SMILES string of the molecule is O=C(Nc1ccc(-c2cc3ccc(NC(=O)c4ccccn4)cc3[nH]2)cc1)c1ccccn1. The zero-order valence-electron chi connectivity index (χ0n) is 17.4. The van der Waals surface area contributed by atoms with E-state index in [-0.39, 0.29) is 11.8 Å². The van der Waals surface area contributed by atoms with Gasteiger partial charge in [0.2, 0.25) is 0 Å². The van der Waals surface area contributed by atoms with Gasteiger partial charge < -0.3 is 15.6 Å². The van der Waals surface area contributed by atoms with Crippen LogP contribution in [0.4, 0.5) is 11.4 Å². The van der Waals surface area contributed by atoms with E-state index in [9.17, 15) is 9.59 Å². The Morgan fingerprint density at radius 1 is 0.667 bits per heavy atom. The number of fused-ring (bicyclic) bond motifs is 1. The van der Waals surface area contributed by atoms with E-state index in [1.165, 1.54) is 0 Å². The summed E-state index contributed by atoms with van der Waals surface area (Å²) >= 11 is 0. The fraction of sp³-hybridized carbons (Fsp3) is 0. The topological polar surface area (TPSA) is 99.8 Å². The van der Waals surface area contributed by atoms with Gasteiger partial charge in [-0.1, -0.05) is 30.3 Å². The van der Waals surface area contributed by atoms with Crippen LogP contribution in [0, 0.1) is 0 Å². The maximum absolute atomic E-state index is 12.4. The third-order valence-electron chi connectivity index (χ3n) is 5.13. The molecule has 0 aliphatic heterocycles. The number of carbonyl (C=O) groups excluding carboxylic acids is 2. The lowest BCUT2D eigenvalue weighted by molar-refractivity contribution is 0.101. The number of H-pyrrole nitrogens is 1. The molecule has 3 N–H and O–H groups in total. The van der Waals surface area contributed by atoms with Gasteiger partial charge >= 0.3 is 0 Å². The molecule has 0 saturated carbocycles. The molecule has 0 atom stereocenters. The van der Waals surface area contributed by atoms with Crippen LogP contribution in [0.1, 0.15) is 21.0 Å². The Morgan fingerprint density at radius 2 is 1.27 bits per heavy atom. The number of aromatic nitrogens is 3. The van der Waals surface area contributed by atoms with Crippen molar-refractivity contribution in [1.82, 2.24) is 15.0 Å². The Kier molecular flexibility index (Phi) is 5.35. The lowest BCUT2D eigenvalue weighted by Crippen LogP contribution is -2.13. The van der Waals surface area contributed by atoms with Crippen molar-refractivity contribution >= 4 is 34.1 Å². The summed E-state index contributed by atoms with van der Waals surface area (Å²) in [5.41, 5.74) is 4.89. The number of nitrogens with zero attached hydrogens (tertiary/aromatic N) is 2. The first-order valence-electron chi connectivity index (χ1n) is 10.3. The average molecular weight is 433 g/mol. The highest BCUT2D eigenvalue weighted by atomic mass is 16.2. The summed E-state index contributed by atoms with van der Waals surface area (Å²) in [5.74, 6) is -0.515. The van der Waals surface area contributed by atoms with Gasteiger partial charge in [-0.15, -0.1) is 0 Å². The number of anilines is 2. The normalized spacial score (nSPS) is 10.7. The Balaban J connectivity index is 1.31. The molecule has 7 nitrogen and oxygen atoms in total. The van der Waals surface area contributed by atoms with E-state index in [1.54, 1.807) is 48.8 Å². The van der Waals surface area contributed by atoms with E-state index in [1.807, 2.05) is 48.5 Å². The van der Waals surface area contributed by atoms with Crippen molar-refractivity contribution in [3.05, 3.63) is 109 Å². The first-order valence-corrected chi connectivity index (χ1v) is 10.3. The molecular weight excluding hydrogens is 414 g/mol. The predicted octanol–water partition coefficient (Wildman–Crippen LogP) is 5.13. The van der Waals surface area contributed by atoms with Gasteiger partial charge in [-0.25, -0.2) is 0 Å². The molecule has 0 bridgehead atoms. The van der Waals surface area contributed by atoms with Crippen molar-refractivity contribution in [3.8, 4) is 11.3 Å². The van der Waals surface area contributed by atoms with Crippen LogP contribution in [0.3, 0.4) is 0 Å². The van der Waals surface area contributed by atoms with Crippen LogP contribution in [0.2, 0.25) is 0 Å². The van der Waals surface area contributed by atoms with Gasteiger partial charge in [0.25, 0.3) is 11.8 Å². The van der Waals surface area contributed by atoms with Gasteiger partial charge in [-0.05, 0) is 60.2 Å². The second-order valence-corrected chi connectivity index (χ2v) is 7.40. The number of hydrogen-bond acceptors (Lipinski definition) is 4. The standard InChI is InChI=1S/C26H19N5O2/c32-25(21-5-1-3-13-27-21)29-19-10-7-17(8-11-19)23-15-18-9-12-20(16-24(18)31-23)30-26(33)22-6-2-4-14-28-22/h1-16,31H,(H,29,32)(H,30,33). The monoisotopic (exact) mass is 433 g/mol. The van der Waals surface area contributed by atoms with Crippen LogP contribution in [0.5, 0.6) is 0 Å². The molecule has 2 amide bonds. The fourth-order valence-electron chi connectivity index (χ4n) is 3.48. The highest BCUT2D eigenvalue weighted by molar-refractivity contribution is 6.04. The number of amides is 2. The number of nitrogens with one attached hydrogen (secondary N) is 3. The second kappa shape index (κ2) is 8.76. The van der Waals surface area contributed by atoms with Gasteiger partial charge in [0, 0.05) is 40.4 Å². The number of hydrogen-bond donors (Lipinski definition) is 3. The minimum absolute atomic E-state index is 0.255. The van der Waals surface area contributed by atoms with Crippen LogP contribution in [0.25, 0.3) is 22.2 Å². The minimum Gasteiger partial charge on any atom is -0.354 e. The molecule has 3 heterocycles. The first-order chi connectivity index (χ1) is 16.2. The van der Waals surface area contributed by atoms with E-state index in [0.717, 1.165) is 22.2 Å². The molecule has 160 valence electrons. The second-order valence-electron chi connectivity index (χ2n) is 7.40. The highest BCUT2D eigenvalue weighted by Gasteiger charge is 2.10. The summed E-state index contributed by atoms with van der Waals surface area (Å²) in [5, 5.41) is 6.74. The molecule has 0 spiro atoms. The van der Waals surface area contributed by atoms with E-state index >= 15 is 0 Å². The van der Waals surface area contributed by atoms with Crippen molar-refractivity contribution < 1.29 is 9.59 Å². The number of carbonyl (C=O) groups is 2. The molecule has 5 aromatic rings. The Labute approximate surface area is 189 Å². The smallest absolute Gasteiger partial charge is 0.274 e. The summed E-state index contributed by atoms with van der Waals surface area (Å²) < 4.78 is 0. The number of aromatic amines is 1. The molecule has 3 aromatic heterocycles. The average Bonchev–Trinajstić information content (AvgIpc) is 3.29. The van der Waals surface area contributed by atoms with Crippen molar-refractivity contribution in [2.24, 2.45) is 0 Å². The van der Waals surface area contributed by atoms with E-state index in [4.69, 9.17) is 0 Å². The number of rotatable bonds is 5. The maximum Gasteiger partial charge on any atom is 0.274 e. The summed E-state index contributed by atoms with van der Waals surface area (Å²) in [7, 11) is 0. The van der Waals surface area contributed by atoms with Crippen molar-refractivity contribution in [2.45, 2.75) is 0 Å². The zero-order valence-corrected chi connectivity index (χ0v) is 17.4. The minimum atomic E-state index is -0.259. The van der Waals surface area contributed by atoms with Gasteiger partial charge in [0.1, 0.15) is 11.4 Å². The third kappa shape index (κ3) is 4.47. The molecule has 0 unspecified atom stereocenters. The largest absolute Gasteiger partial charge is 0.354 e. The predicted molar refractivity (Wildman–Crippen MR) is 128 cm³/mol. The fourth-order valence-corrected chi connectivity index (χ4v) is 3.48. The van der Waals surface area contributed by atoms with Crippen LogP contribution in [-0.4, -0.2) is 26.8 Å². The summed E-state index contributed by atoms with van der Waals surface area (Å²) in [6, 6.07) is 25.7. The van der Waals surface area contributed by atoms with Crippen LogP contribution in [-0.2, 0) is 0 Å². The molecule has 0 radical (unpaired) electrons. The zero-order chi connectivity index (χ0) is 22.6. The Bertz CT molecular complexity index is 1430. The highest BCUT2D eigenvalue weighted by Crippen LogP contribution is 2.27. The lowest BCUT2D eigenvalue weighted by atomic mass is 10.1. The van der Waals surface area contributed by atoms with E-state index in [2.05, 4.69) is 25.6 Å². The van der Waals surface area contributed by atoms with Crippen LogP contribution in [0.15, 0.2) is 97.3 Å². The molecule has 33 heavy (non-hydrogen) atoms. The van der Waals surface area contributed by atoms with Gasteiger partial charge in [-0.3, -0.25) is 19.6 Å². The first kappa shape index (κ1) is 20.1. The van der Waals surface area contributed by atoms with Crippen molar-refractivity contribution in [2.75, 3.05) is 10.6 Å². The molecule has 0 saturated heterocycles. The van der Waals surface area contributed by atoms with Crippen molar-refractivity contribution in [1.29, 1.82) is 0 Å². The molecular formula is C26H19N5O2. The maximum atomic E-state index is 12.4. The van der Waals surface area contributed by atoms with Gasteiger partial charge in [0.15, 0.2) is 0 Å². The number of benzene rings is 2. The Hall–Kier alpha value is -4.78. The summed E-state index contributed by atoms with van der Waals surface area (Å²) in [6.45, 7) is 0. The lowest BCUT2D eigenvalue weighted by Gasteiger charge is -2.05. The van der Waals surface area contributed by atoms with Gasteiger partial charge in [0.05, 0.1) is 0 Å². The van der Waals surface area contributed by atoms with Crippen LogP contribution < -0.4 is 10.6 Å². The molecule has 0 aliphatic rings. The molecule has 0 aliphatic carbocycles. The van der Waals surface area contributed by atoms with E-state index < -0.39 is 0 Å². The number of pyridine rings is 2. The summed E-state index contributed by atoms with van der Waals surface area (Å²) in [4.78, 5) is 36.2. The Morgan fingerprint density at radius 3 is 1.88 bits per heavy atom. The molecule has 5 rings (SSSR count). The van der Waals surface area contributed by atoms with Gasteiger partial charge in [-0.2, -0.15) is 0 Å². The van der Waals surface area contributed by atoms with Crippen LogP contribution >= 0.6 is 0 Å². The third-order valence-corrected chi connectivity index (χ3v) is 5.13. The van der Waals surface area contributed by atoms with E-state index in [0.29, 0.717) is 22.8 Å². The quantitative estimate of drug-likeness (QED) is 0.358. The molecule has 7 heteroatoms. The molecule has 2 aromatic carbocycles. The summed E-state index contributed by atoms with van der Waals surface area (Å²) in [6.07, 6.45) is 3.17. The van der Waals surface area contributed by atoms with Crippen molar-refractivity contribution in [3.63, 3.8) is 0 Å². The molecule has 0 fully saturated rings.